The lowest BCUT2D eigenvalue weighted by molar-refractivity contribution is -0.119. The number of ether oxygens (including phenoxy) is 1. The van der Waals surface area contributed by atoms with Gasteiger partial charge in [0.1, 0.15) is 0 Å². The van der Waals surface area contributed by atoms with Crippen molar-refractivity contribution < 1.29 is 24.5 Å². The number of anilines is 1. The largest absolute Gasteiger partial charge is 0.504 e. The molecule has 2 aromatic carbocycles. The molecule has 1 amide bonds. The molecule has 0 radical (unpaired) electrons. The van der Waals surface area contributed by atoms with E-state index in [0.29, 0.717) is 22.9 Å². The summed E-state index contributed by atoms with van der Waals surface area (Å²) in [4.78, 5) is 27.3. The Bertz CT molecular complexity index is 1040. The number of aliphatic hydroxyl groups is 1. The lowest BCUT2D eigenvalue weighted by Crippen LogP contribution is -2.31. The Labute approximate surface area is 180 Å². The molecule has 0 saturated heterocycles. The molecule has 0 spiro atoms. The maximum Gasteiger partial charge on any atom is 0.294 e. The molecular weight excluding hydrogens is 406 g/mol. The molecule has 1 atom stereocenters. The predicted octanol–water partition coefficient (Wildman–Crippen LogP) is 4.88. The predicted molar refractivity (Wildman–Crippen MR) is 115 cm³/mol. The number of phenols is 1. The first-order valence-corrected chi connectivity index (χ1v) is 10.1. The molecule has 158 valence electrons. The van der Waals surface area contributed by atoms with Crippen LogP contribution in [-0.4, -0.2) is 28.5 Å². The molecule has 1 unspecified atom stereocenters. The van der Waals surface area contributed by atoms with Gasteiger partial charge >= 0.3 is 0 Å². The van der Waals surface area contributed by atoms with Crippen molar-refractivity contribution in [1.82, 2.24) is 0 Å². The highest BCUT2D eigenvalue weighted by Crippen LogP contribution is 2.44. The zero-order chi connectivity index (χ0) is 22.2. The number of halogens is 1. The van der Waals surface area contributed by atoms with E-state index in [1.807, 2.05) is 6.92 Å². The Kier molecular flexibility index (Phi) is 6.08. The van der Waals surface area contributed by atoms with E-state index >= 15 is 0 Å². The van der Waals surface area contributed by atoms with E-state index in [1.54, 1.807) is 51.1 Å². The summed E-state index contributed by atoms with van der Waals surface area (Å²) in [5.74, 6) is -1.86. The number of Topliss-reactive ketones (excluding diaryl/α,β-unsaturated/α-hetero) is 1. The molecular formula is C23H24ClNO5. The molecule has 0 bridgehead atoms. The molecule has 1 heterocycles. The molecule has 0 saturated carbocycles. The minimum absolute atomic E-state index is 0.0137. The number of benzene rings is 2. The quantitative estimate of drug-likeness (QED) is 0.683. The van der Waals surface area contributed by atoms with E-state index in [1.165, 1.54) is 11.0 Å². The Morgan fingerprint density at radius 2 is 1.90 bits per heavy atom. The van der Waals surface area contributed by atoms with Gasteiger partial charge in [-0.05, 0) is 49.2 Å². The Morgan fingerprint density at radius 1 is 1.20 bits per heavy atom. The third-order valence-corrected chi connectivity index (χ3v) is 5.44. The second-order valence-electron chi connectivity index (χ2n) is 7.45. The lowest BCUT2D eigenvalue weighted by Gasteiger charge is -2.28. The van der Waals surface area contributed by atoms with Gasteiger partial charge in [-0.3, -0.25) is 14.5 Å². The van der Waals surface area contributed by atoms with E-state index in [2.05, 4.69) is 0 Å². The number of nitrogens with zero attached hydrogens (tertiary/aromatic N) is 1. The summed E-state index contributed by atoms with van der Waals surface area (Å²) in [6.07, 6.45) is 0. The summed E-state index contributed by atoms with van der Waals surface area (Å²) in [5.41, 5.74) is 1.82. The Hall–Kier alpha value is -2.99. The molecule has 0 aliphatic carbocycles. The van der Waals surface area contributed by atoms with Crippen LogP contribution < -0.4 is 9.64 Å². The number of carbonyl (C=O) groups is 2. The number of ketones is 1. The zero-order valence-electron chi connectivity index (χ0n) is 17.3. The smallest absolute Gasteiger partial charge is 0.294 e. The molecule has 2 N–H and O–H groups in total. The van der Waals surface area contributed by atoms with Crippen molar-refractivity contribution in [2.24, 2.45) is 5.92 Å². The minimum atomic E-state index is -0.883. The molecule has 3 rings (SSSR count). The Balaban J connectivity index is 2.22. The van der Waals surface area contributed by atoms with Gasteiger partial charge in [-0.15, -0.1) is 0 Å². The summed E-state index contributed by atoms with van der Waals surface area (Å²) < 4.78 is 5.47. The van der Waals surface area contributed by atoms with Crippen molar-refractivity contribution >= 4 is 29.0 Å². The standard InChI is InChI=1S/C23H24ClNO5/c1-5-30-18-10-14(7-9-17(18)26)20-19(21(27)12(2)3)22(28)23(29)25(20)15-8-6-13(4)16(24)11-15/h6-12,20,26,28H,5H2,1-4H3. The van der Waals surface area contributed by atoms with Crippen molar-refractivity contribution in [2.45, 2.75) is 33.7 Å². The van der Waals surface area contributed by atoms with Crippen LogP contribution in [0.1, 0.15) is 37.9 Å². The normalized spacial score (nSPS) is 16.5. The first-order chi connectivity index (χ1) is 14.2. The Morgan fingerprint density at radius 3 is 2.50 bits per heavy atom. The molecule has 0 aromatic heterocycles. The highest BCUT2D eigenvalue weighted by Gasteiger charge is 2.45. The third-order valence-electron chi connectivity index (χ3n) is 5.03. The van der Waals surface area contributed by atoms with Crippen molar-refractivity contribution in [3.63, 3.8) is 0 Å². The van der Waals surface area contributed by atoms with Gasteiger partial charge < -0.3 is 14.9 Å². The van der Waals surface area contributed by atoms with Crippen LogP contribution in [0.4, 0.5) is 5.69 Å². The number of phenolic OH excluding ortho intramolecular Hbond substituents is 1. The first-order valence-electron chi connectivity index (χ1n) is 9.70. The SMILES string of the molecule is CCOc1cc(C2C(C(=O)C(C)C)=C(O)C(=O)N2c2ccc(C)c(Cl)c2)ccc1O. The van der Waals surface area contributed by atoms with Crippen LogP contribution in [0.2, 0.25) is 5.02 Å². The monoisotopic (exact) mass is 429 g/mol. The summed E-state index contributed by atoms with van der Waals surface area (Å²) in [5, 5.41) is 21.2. The van der Waals surface area contributed by atoms with Crippen LogP contribution >= 0.6 is 11.6 Å². The van der Waals surface area contributed by atoms with Gasteiger partial charge in [0.25, 0.3) is 5.91 Å². The molecule has 6 nitrogen and oxygen atoms in total. The number of carbonyl (C=O) groups excluding carboxylic acids is 2. The van der Waals surface area contributed by atoms with E-state index in [-0.39, 0.29) is 22.9 Å². The molecule has 1 aliphatic rings. The molecule has 2 aromatic rings. The highest BCUT2D eigenvalue weighted by molar-refractivity contribution is 6.31. The van der Waals surface area contributed by atoms with Gasteiger partial charge in [-0.25, -0.2) is 0 Å². The summed E-state index contributed by atoms with van der Waals surface area (Å²) in [7, 11) is 0. The molecule has 0 fully saturated rings. The van der Waals surface area contributed by atoms with Gasteiger partial charge in [-0.2, -0.15) is 0 Å². The zero-order valence-corrected chi connectivity index (χ0v) is 18.0. The number of aromatic hydroxyl groups is 1. The third kappa shape index (κ3) is 3.75. The average molecular weight is 430 g/mol. The number of hydrogen-bond donors (Lipinski definition) is 2. The van der Waals surface area contributed by atoms with E-state index in [9.17, 15) is 19.8 Å². The van der Waals surface area contributed by atoms with Crippen LogP contribution in [0.25, 0.3) is 0 Å². The van der Waals surface area contributed by atoms with Gasteiger partial charge in [0.15, 0.2) is 23.0 Å². The fourth-order valence-electron chi connectivity index (χ4n) is 3.45. The van der Waals surface area contributed by atoms with Gasteiger partial charge in [0.2, 0.25) is 0 Å². The van der Waals surface area contributed by atoms with Crippen LogP contribution in [0.5, 0.6) is 11.5 Å². The fraction of sp³-hybridized carbons (Fsp3) is 0.304. The number of aliphatic hydroxyl groups excluding tert-OH is 1. The molecule has 1 aliphatic heterocycles. The van der Waals surface area contributed by atoms with Crippen LogP contribution in [-0.2, 0) is 9.59 Å². The average Bonchev–Trinajstić information content (AvgIpc) is 2.96. The van der Waals surface area contributed by atoms with E-state index in [4.69, 9.17) is 16.3 Å². The number of rotatable bonds is 6. The van der Waals surface area contributed by atoms with Gasteiger partial charge in [0, 0.05) is 16.6 Å². The van der Waals surface area contributed by atoms with Crippen LogP contribution in [0.3, 0.4) is 0 Å². The van der Waals surface area contributed by atoms with Crippen molar-refractivity contribution in [1.29, 1.82) is 0 Å². The van der Waals surface area contributed by atoms with Crippen LogP contribution in [0, 0.1) is 12.8 Å². The summed E-state index contributed by atoms with van der Waals surface area (Å²) >= 11 is 6.27. The topological polar surface area (TPSA) is 87.1 Å². The maximum atomic E-state index is 13.0. The maximum absolute atomic E-state index is 13.0. The fourth-order valence-corrected chi connectivity index (χ4v) is 3.63. The van der Waals surface area contributed by atoms with Crippen molar-refractivity contribution in [2.75, 3.05) is 11.5 Å². The second kappa shape index (κ2) is 8.40. The minimum Gasteiger partial charge on any atom is -0.504 e. The number of hydrogen-bond acceptors (Lipinski definition) is 5. The molecule has 30 heavy (non-hydrogen) atoms. The first kappa shape index (κ1) is 21.7. The second-order valence-corrected chi connectivity index (χ2v) is 7.86. The number of aryl methyl sites for hydroxylation is 1. The van der Waals surface area contributed by atoms with E-state index in [0.717, 1.165) is 5.56 Å². The highest BCUT2D eigenvalue weighted by atomic mass is 35.5. The van der Waals surface area contributed by atoms with E-state index < -0.39 is 23.6 Å². The summed E-state index contributed by atoms with van der Waals surface area (Å²) in [6, 6.07) is 8.84. The van der Waals surface area contributed by atoms with Crippen LogP contribution in [0.15, 0.2) is 47.7 Å². The van der Waals surface area contributed by atoms with Crippen molar-refractivity contribution in [3.8, 4) is 11.5 Å². The van der Waals surface area contributed by atoms with Gasteiger partial charge in [-0.1, -0.05) is 37.6 Å². The lowest BCUT2D eigenvalue weighted by atomic mass is 9.91. The summed E-state index contributed by atoms with van der Waals surface area (Å²) in [6.45, 7) is 7.37. The number of amides is 1. The van der Waals surface area contributed by atoms with Crippen molar-refractivity contribution in [3.05, 3.63) is 63.9 Å². The van der Waals surface area contributed by atoms with Gasteiger partial charge in [0.05, 0.1) is 18.2 Å². The molecule has 7 heteroatoms.